The molecular formula is C22H28O3. The van der Waals surface area contributed by atoms with Crippen LogP contribution in [-0.2, 0) is 24.0 Å². The van der Waals surface area contributed by atoms with Gasteiger partial charge < -0.3 is 4.74 Å². The molecule has 0 atom stereocenters. The van der Waals surface area contributed by atoms with Crippen molar-refractivity contribution in [1.29, 1.82) is 0 Å². The Kier molecular flexibility index (Phi) is 8.62. The molecule has 134 valence electrons. The topological polar surface area (TPSA) is 43.4 Å². The van der Waals surface area contributed by atoms with Crippen LogP contribution in [0.5, 0.6) is 0 Å². The number of ether oxygens (including phenoxy) is 1. The molecule has 3 heteroatoms. The average molecular weight is 340 g/mol. The lowest BCUT2D eigenvalue weighted by Gasteiger charge is -2.11. The summed E-state index contributed by atoms with van der Waals surface area (Å²) < 4.78 is 4.70. The van der Waals surface area contributed by atoms with Crippen molar-refractivity contribution >= 4 is 11.8 Å². The van der Waals surface area contributed by atoms with Crippen LogP contribution in [0.15, 0.2) is 42.5 Å². The second kappa shape index (κ2) is 10.4. The molecule has 0 fully saturated rings. The van der Waals surface area contributed by atoms with Crippen molar-refractivity contribution < 1.29 is 14.3 Å². The number of ketones is 1. The molecule has 0 aliphatic carbocycles. The maximum atomic E-state index is 12.0. The molecule has 0 heterocycles. The van der Waals surface area contributed by atoms with E-state index in [1.54, 1.807) is 19.1 Å². The standard InChI is InChI=1S/C20H22O3.C2H6/c1-4-16-6-5-7-17(19(16)14(2)21)11-8-15-9-12-18(13-10-15)20(22)23-3;1-2/h5-7,9-10,12-13H,4,8,11H2,1-3H3;1-2H3. The zero-order chi connectivity index (χ0) is 18.8. The summed E-state index contributed by atoms with van der Waals surface area (Å²) in [6, 6.07) is 13.5. The average Bonchev–Trinajstić information content (AvgIpc) is 2.67. The molecule has 0 unspecified atom stereocenters. The minimum atomic E-state index is -0.328. The number of hydrogen-bond donors (Lipinski definition) is 0. The van der Waals surface area contributed by atoms with Crippen molar-refractivity contribution in [3.05, 3.63) is 70.3 Å². The molecule has 0 amide bonds. The molecule has 3 nitrogen and oxygen atoms in total. The second-order valence-corrected chi connectivity index (χ2v) is 5.55. The normalized spacial score (nSPS) is 9.80. The van der Waals surface area contributed by atoms with E-state index in [1.165, 1.54) is 7.11 Å². The van der Waals surface area contributed by atoms with Crippen LogP contribution >= 0.6 is 0 Å². The van der Waals surface area contributed by atoms with E-state index in [0.29, 0.717) is 5.56 Å². The first kappa shape index (κ1) is 20.6. The molecule has 0 aliphatic rings. The van der Waals surface area contributed by atoms with E-state index in [-0.39, 0.29) is 11.8 Å². The van der Waals surface area contributed by atoms with Gasteiger partial charge in [-0.1, -0.05) is 51.1 Å². The fourth-order valence-electron chi connectivity index (χ4n) is 2.81. The van der Waals surface area contributed by atoms with E-state index in [4.69, 9.17) is 4.74 Å². The number of rotatable bonds is 6. The summed E-state index contributed by atoms with van der Waals surface area (Å²) in [5.41, 5.74) is 4.74. The summed E-state index contributed by atoms with van der Waals surface area (Å²) in [4.78, 5) is 23.4. The third-order valence-corrected chi connectivity index (χ3v) is 4.03. The Morgan fingerprint density at radius 2 is 1.52 bits per heavy atom. The third-order valence-electron chi connectivity index (χ3n) is 4.03. The number of hydrogen-bond acceptors (Lipinski definition) is 3. The van der Waals surface area contributed by atoms with E-state index < -0.39 is 0 Å². The fraction of sp³-hybridized carbons (Fsp3) is 0.364. The summed E-state index contributed by atoms with van der Waals surface area (Å²) >= 11 is 0. The van der Waals surface area contributed by atoms with Crippen molar-refractivity contribution in [3.63, 3.8) is 0 Å². The van der Waals surface area contributed by atoms with Crippen molar-refractivity contribution in [2.75, 3.05) is 7.11 Å². The first-order chi connectivity index (χ1) is 12.1. The third kappa shape index (κ3) is 5.56. The van der Waals surface area contributed by atoms with Gasteiger partial charge in [0.15, 0.2) is 5.78 Å². The summed E-state index contributed by atoms with van der Waals surface area (Å²) in [5.74, 6) is -0.204. The molecule has 0 N–H and O–H groups in total. The maximum Gasteiger partial charge on any atom is 0.337 e. The molecule has 25 heavy (non-hydrogen) atoms. The number of esters is 1. The van der Waals surface area contributed by atoms with Gasteiger partial charge in [0, 0.05) is 5.56 Å². The Morgan fingerprint density at radius 3 is 2.04 bits per heavy atom. The smallest absolute Gasteiger partial charge is 0.337 e. The van der Waals surface area contributed by atoms with Gasteiger partial charge in [-0.05, 0) is 55.0 Å². The summed E-state index contributed by atoms with van der Waals surface area (Å²) in [6.45, 7) is 7.69. The molecule has 0 aromatic heterocycles. The highest BCUT2D eigenvalue weighted by molar-refractivity contribution is 5.97. The molecule has 0 saturated heterocycles. The number of benzene rings is 2. The number of carbonyl (C=O) groups is 2. The Balaban J connectivity index is 0.00000151. The van der Waals surface area contributed by atoms with E-state index in [9.17, 15) is 9.59 Å². The molecular weight excluding hydrogens is 312 g/mol. The van der Waals surface area contributed by atoms with Gasteiger partial charge in [0.1, 0.15) is 0 Å². The zero-order valence-corrected chi connectivity index (χ0v) is 15.9. The second-order valence-electron chi connectivity index (χ2n) is 5.55. The maximum absolute atomic E-state index is 12.0. The van der Waals surface area contributed by atoms with Crippen LogP contribution in [0.2, 0.25) is 0 Å². The largest absolute Gasteiger partial charge is 0.465 e. The van der Waals surface area contributed by atoms with E-state index in [1.807, 2.05) is 44.2 Å². The minimum Gasteiger partial charge on any atom is -0.465 e. The number of aryl methyl sites for hydroxylation is 3. The monoisotopic (exact) mass is 340 g/mol. The highest BCUT2D eigenvalue weighted by Gasteiger charge is 2.12. The van der Waals surface area contributed by atoms with E-state index in [0.717, 1.165) is 41.5 Å². The molecule has 2 aromatic rings. The summed E-state index contributed by atoms with van der Waals surface area (Å²) in [5, 5.41) is 0. The molecule has 0 spiro atoms. The van der Waals surface area contributed by atoms with Crippen molar-refractivity contribution in [1.82, 2.24) is 0 Å². The van der Waals surface area contributed by atoms with Crippen LogP contribution in [0.25, 0.3) is 0 Å². The lowest BCUT2D eigenvalue weighted by Crippen LogP contribution is -2.06. The molecule has 0 bridgehead atoms. The van der Waals surface area contributed by atoms with E-state index in [2.05, 4.69) is 6.92 Å². The summed E-state index contributed by atoms with van der Waals surface area (Å²) in [6.07, 6.45) is 2.49. The molecule has 0 aliphatic heterocycles. The minimum absolute atomic E-state index is 0.124. The lowest BCUT2D eigenvalue weighted by atomic mass is 9.92. The Bertz CT molecular complexity index is 700. The zero-order valence-electron chi connectivity index (χ0n) is 15.9. The van der Waals surface area contributed by atoms with Crippen LogP contribution in [0.1, 0.15) is 65.1 Å². The van der Waals surface area contributed by atoms with E-state index >= 15 is 0 Å². The Hall–Kier alpha value is -2.42. The Labute approximate surface area is 151 Å². The van der Waals surface area contributed by atoms with Gasteiger partial charge >= 0.3 is 5.97 Å². The highest BCUT2D eigenvalue weighted by Crippen LogP contribution is 2.19. The number of carbonyl (C=O) groups excluding carboxylic acids is 2. The van der Waals surface area contributed by atoms with Gasteiger partial charge in [-0.25, -0.2) is 4.79 Å². The van der Waals surface area contributed by atoms with Gasteiger partial charge in [0.25, 0.3) is 0 Å². The van der Waals surface area contributed by atoms with Crippen molar-refractivity contribution in [3.8, 4) is 0 Å². The molecule has 0 saturated carbocycles. The van der Waals surface area contributed by atoms with Gasteiger partial charge in [-0.15, -0.1) is 0 Å². The van der Waals surface area contributed by atoms with Crippen molar-refractivity contribution in [2.24, 2.45) is 0 Å². The first-order valence-electron chi connectivity index (χ1n) is 8.85. The van der Waals surface area contributed by atoms with Crippen LogP contribution in [0, 0.1) is 0 Å². The van der Waals surface area contributed by atoms with Crippen LogP contribution < -0.4 is 0 Å². The van der Waals surface area contributed by atoms with Gasteiger partial charge in [0.05, 0.1) is 12.7 Å². The van der Waals surface area contributed by atoms with Crippen molar-refractivity contribution in [2.45, 2.75) is 47.0 Å². The Morgan fingerprint density at radius 1 is 0.920 bits per heavy atom. The first-order valence-corrected chi connectivity index (χ1v) is 8.85. The quantitative estimate of drug-likeness (QED) is 0.546. The van der Waals surface area contributed by atoms with Crippen LogP contribution in [0.4, 0.5) is 0 Å². The van der Waals surface area contributed by atoms with Crippen LogP contribution in [0.3, 0.4) is 0 Å². The number of methoxy groups -OCH3 is 1. The molecule has 2 rings (SSSR count). The highest BCUT2D eigenvalue weighted by atomic mass is 16.5. The van der Waals surface area contributed by atoms with Gasteiger partial charge in [0.2, 0.25) is 0 Å². The predicted molar refractivity (Wildman–Crippen MR) is 102 cm³/mol. The molecule has 2 aromatic carbocycles. The fourth-order valence-corrected chi connectivity index (χ4v) is 2.81. The summed E-state index contributed by atoms with van der Waals surface area (Å²) in [7, 11) is 1.38. The lowest BCUT2D eigenvalue weighted by molar-refractivity contribution is 0.0600. The molecule has 0 radical (unpaired) electrons. The van der Waals surface area contributed by atoms with Gasteiger partial charge in [-0.3, -0.25) is 4.79 Å². The number of Topliss-reactive ketones (excluding diaryl/α,β-unsaturated/α-hetero) is 1. The van der Waals surface area contributed by atoms with Gasteiger partial charge in [-0.2, -0.15) is 0 Å². The predicted octanol–water partition coefficient (Wildman–Crippen LogP) is 5.05. The SMILES string of the molecule is CC.CCc1cccc(CCc2ccc(C(=O)OC)cc2)c1C(C)=O. The van der Waals surface area contributed by atoms with Crippen LogP contribution in [-0.4, -0.2) is 18.9 Å².